The van der Waals surface area contributed by atoms with Crippen LogP contribution >= 0.6 is 0 Å². The second-order valence-electron chi connectivity index (χ2n) is 2.28. The minimum atomic E-state index is 0.202. The molecule has 0 radical (unpaired) electrons. The Labute approximate surface area is 65.0 Å². The van der Waals surface area contributed by atoms with E-state index in [4.69, 9.17) is 5.73 Å². The van der Waals surface area contributed by atoms with E-state index in [0.717, 1.165) is 0 Å². The van der Waals surface area contributed by atoms with E-state index in [1.807, 2.05) is 6.92 Å². The number of rotatable bonds is 3. The topological polar surface area (TPSA) is 76.7 Å². The Morgan fingerprint density at radius 2 is 2.55 bits per heavy atom. The Morgan fingerprint density at radius 3 is 3.09 bits per heavy atom. The summed E-state index contributed by atoms with van der Waals surface area (Å²) in [4.78, 5) is 3.80. The number of nitrogens with one attached hydrogen (secondary N) is 1. The van der Waals surface area contributed by atoms with E-state index in [0.29, 0.717) is 12.4 Å². The maximum Gasteiger partial charge on any atom is 0.167 e. The van der Waals surface area contributed by atoms with E-state index in [2.05, 4.69) is 20.5 Å². The summed E-state index contributed by atoms with van der Waals surface area (Å²) in [6.45, 7) is 2.53. The van der Waals surface area contributed by atoms with Gasteiger partial charge in [0, 0.05) is 12.6 Å². The molecule has 0 aromatic carbocycles. The molecule has 0 saturated carbocycles. The summed E-state index contributed by atoms with van der Waals surface area (Å²) < 4.78 is 0. The van der Waals surface area contributed by atoms with Crippen LogP contribution in [0, 0.1) is 0 Å². The van der Waals surface area contributed by atoms with Crippen molar-refractivity contribution in [2.24, 2.45) is 5.73 Å². The van der Waals surface area contributed by atoms with Gasteiger partial charge in [-0.2, -0.15) is 0 Å². The Morgan fingerprint density at radius 1 is 1.73 bits per heavy atom. The van der Waals surface area contributed by atoms with Crippen molar-refractivity contribution in [1.29, 1.82) is 0 Å². The Kier molecular flexibility index (Phi) is 2.74. The first-order valence-corrected chi connectivity index (χ1v) is 3.42. The van der Waals surface area contributed by atoms with Crippen LogP contribution in [-0.2, 0) is 0 Å². The van der Waals surface area contributed by atoms with Gasteiger partial charge in [-0.05, 0) is 6.92 Å². The van der Waals surface area contributed by atoms with Crippen LogP contribution in [0.5, 0.6) is 0 Å². The molecule has 1 rings (SSSR count). The van der Waals surface area contributed by atoms with Gasteiger partial charge in [0.05, 0.1) is 6.20 Å². The predicted octanol–water partition coefficient (Wildman–Crippen LogP) is -0.369. The highest BCUT2D eigenvalue weighted by molar-refractivity contribution is 5.29. The molecule has 1 aromatic heterocycles. The molecule has 1 atom stereocenters. The molecule has 3 N–H and O–H groups in total. The lowest BCUT2D eigenvalue weighted by atomic mass is 10.3. The summed E-state index contributed by atoms with van der Waals surface area (Å²) in [7, 11) is 0. The van der Waals surface area contributed by atoms with Crippen molar-refractivity contribution in [1.82, 2.24) is 15.2 Å². The van der Waals surface area contributed by atoms with Crippen LogP contribution in [0.3, 0.4) is 0 Å². The van der Waals surface area contributed by atoms with Gasteiger partial charge < -0.3 is 11.1 Å². The van der Waals surface area contributed by atoms with Crippen LogP contribution in [0.25, 0.3) is 0 Å². The highest BCUT2D eigenvalue weighted by atomic mass is 15.2. The van der Waals surface area contributed by atoms with Gasteiger partial charge in [0.2, 0.25) is 0 Å². The second-order valence-corrected chi connectivity index (χ2v) is 2.28. The van der Waals surface area contributed by atoms with Gasteiger partial charge in [0.25, 0.3) is 0 Å². The van der Waals surface area contributed by atoms with Crippen LogP contribution in [0.4, 0.5) is 5.82 Å². The third kappa shape index (κ3) is 2.46. The normalized spacial score (nSPS) is 12.5. The fourth-order valence-corrected chi connectivity index (χ4v) is 0.625. The smallest absolute Gasteiger partial charge is 0.167 e. The van der Waals surface area contributed by atoms with E-state index in [-0.39, 0.29) is 6.04 Å². The molecular formula is C6H11N5. The standard InChI is InChI=1S/C6H11N5/c1-5(2-7)10-6-3-8-4-9-11-6/h3-5H,2,7H2,1H3,(H,10,11). The monoisotopic (exact) mass is 153 g/mol. The van der Waals surface area contributed by atoms with Crippen molar-refractivity contribution in [2.75, 3.05) is 11.9 Å². The molecule has 5 nitrogen and oxygen atoms in total. The van der Waals surface area contributed by atoms with Gasteiger partial charge in [-0.1, -0.05) is 0 Å². The van der Waals surface area contributed by atoms with E-state index in [1.54, 1.807) is 6.20 Å². The van der Waals surface area contributed by atoms with Crippen molar-refractivity contribution >= 4 is 5.82 Å². The van der Waals surface area contributed by atoms with Crippen LogP contribution in [0.2, 0.25) is 0 Å². The van der Waals surface area contributed by atoms with Crippen molar-refractivity contribution < 1.29 is 0 Å². The molecule has 11 heavy (non-hydrogen) atoms. The molecule has 0 aliphatic carbocycles. The lowest BCUT2D eigenvalue weighted by molar-refractivity contribution is 0.788. The zero-order valence-corrected chi connectivity index (χ0v) is 6.36. The van der Waals surface area contributed by atoms with Gasteiger partial charge in [-0.25, -0.2) is 4.98 Å². The largest absolute Gasteiger partial charge is 0.364 e. The van der Waals surface area contributed by atoms with Crippen molar-refractivity contribution in [3.63, 3.8) is 0 Å². The molecule has 1 heterocycles. The molecular weight excluding hydrogens is 142 g/mol. The maximum absolute atomic E-state index is 5.39. The fraction of sp³-hybridized carbons (Fsp3) is 0.500. The molecule has 0 aliphatic heterocycles. The highest BCUT2D eigenvalue weighted by Crippen LogP contribution is 1.96. The van der Waals surface area contributed by atoms with E-state index < -0.39 is 0 Å². The van der Waals surface area contributed by atoms with Crippen LogP contribution in [0.1, 0.15) is 6.92 Å². The van der Waals surface area contributed by atoms with Gasteiger partial charge in [0.1, 0.15) is 6.33 Å². The quantitative estimate of drug-likeness (QED) is 0.619. The summed E-state index contributed by atoms with van der Waals surface area (Å²) in [6, 6.07) is 0.202. The Balaban J connectivity index is 2.51. The maximum atomic E-state index is 5.39. The zero-order chi connectivity index (χ0) is 8.10. The molecule has 5 heteroatoms. The summed E-state index contributed by atoms with van der Waals surface area (Å²) in [5, 5.41) is 10.4. The lowest BCUT2D eigenvalue weighted by Crippen LogP contribution is -2.25. The summed E-state index contributed by atoms with van der Waals surface area (Å²) in [6.07, 6.45) is 3.00. The van der Waals surface area contributed by atoms with E-state index >= 15 is 0 Å². The molecule has 0 amide bonds. The summed E-state index contributed by atoms with van der Waals surface area (Å²) >= 11 is 0. The lowest BCUT2D eigenvalue weighted by Gasteiger charge is -2.09. The Bertz CT molecular complexity index is 199. The number of aromatic nitrogens is 3. The average Bonchev–Trinajstić information content (AvgIpc) is 2.06. The third-order valence-electron chi connectivity index (χ3n) is 1.23. The minimum absolute atomic E-state index is 0.202. The Hall–Kier alpha value is -1.23. The number of nitrogens with two attached hydrogens (primary N) is 1. The molecule has 0 saturated heterocycles. The van der Waals surface area contributed by atoms with E-state index in [1.165, 1.54) is 6.33 Å². The SMILES string of the molecule is CC(CN)Nc1cncnn1. The van der Waals surface area contributed by atoms with Crippen LogP contribution in [0.15, 0.2) is 12.5 Å². The zero-order valence-electron chi connectivity index (χ0n) is 6.36. The molecule has 1 aromatic rings. The predicted molar refractivity (Wildman–Crippen MR) is 42.0 cm³/mol. The minimum Gasteiger partial charge on any atom is -0.364 e. The van der Waals surface area contributed by atoms with Crippen molar-refractivity contribution in [3.05, 3.63) is 12.5 Å². The van der Waals surface area contributed by atoms with Crippen molar-refractivity contribution in [2.45, 2.75) is 13.0 Å². The van der Waals surface area contributed by atoms with Gasteiger partial charge >= 0.3 is 0 Å². The second kappa shape index (κ2) is 3.82. The summed E-state index contributed by atoms with van der Waals surface area (Å²) in [5.41, 5.74) is 5.39. The van der Waals surface area contributed by atoms with Crippen molar-refractivity contribution in [3.8, 4) is 0 Å². The van der Waals surface area contributed by atoms with E-state index in [9.17, 15) is 0 Å². The fourth-order valence-electron chi connectivity index (χ4n) is 0.625. The number of hydrogen-bond donors (Lipinski definition) is 2. The molecule has 0 aliphatic rings. The van der Waals surface area contributed by atoms with Gasteiger partial charge in [-0.3, -0.25) is 0 Å². The summed E-state index contributed by atoms with van der Waals surface area (Å²) in [5.74, 6) is 0.658. The average molecular weight is 153 g/mol. The third-order valence-corrected chi connectivity index (χ3v) is 1.23. The van der Waals surface area contributed by atoms with Crippen LogP contribution in [-0.4, -0.2) is 27.8 Å². The molecule has 0 spiro atoms. The molecule has 0 fully saturated rings. The van der Waals surface area contributed by atoms with Gasteiger partial charge in [-0.15, -0.1) is 10.2 Å². The highest BCUT2D eigenvalue weighted by Gasteiger charge is 1.98. The first-order valence-electron chi connectivity index (χ1n) is 3.42. The first-order chi connectivity index (χ1) is 5.33. The number of hydrogen-bond acceptors (Lipinski definition) is 5. The van der Waals surface area contributed by atoms with Gasteiger partial charge in [0.15, 0.2) is 5.82 Å². The molecule has 1 unspecified atom stereocenters. The number of anilines is 1. The molecule has 60 valence electrons. The van der Waals surface area contributed by atoms with Crippen LogP contribution < -0.4 is 11.1 Å². The molecule has 0 bridgehead atoms. The first kappa shape index (κ1) is 7.87. The number of nitrogens with zero attached hydrogens (tertiary/aromatic N) is 3.